The molecule has 0 aromatic carbocycles. The molecule has 0 fully saturated rings. The van der Waals surface area contributed by atoms with Crippen molar-refractivity contribution in [2.24, 2.45) is 5.92 Å². The van der Waals surface area contributed by atoms with Crippen LogP contribution < -0.4 is 5.32 Å². The van der Waals surface area contributed by atoms with Gasteiger partial charge < -0.3 is 5.32 Å². The van der Waals surface area contributed by atoms with Gasteiger partial charge in [0, 0.05) is 12.7 Å². The minimum Gasteiger partial charge on any atom is -0.370 e. The molecule has 1 aromatic heterocycles. The molecule has 3 nitrogen and oxygen atoms in total. The van der Waals surface area contributed by atoms with Crippen molar-refractivity contribution in [2.75, 3.05) is 11.9 Å². The highest BCUT2D eigenvalue weighted by Gasteiger charge is 1.96. The molecule has 0 amide bonds. The molecule has 84 valence electrons. The second kappa shape index (κ2) is 6.38. The zero-order valence-electron chi connectivity index (χ0n) is 9.95. The van der Waals surface area contributed by atoms with E-state index in [2.05, 4.69) is 29.1 Å². The third-order valence-corrected chi connectivity index (χ3v) is 2.29. The Morgan fingerprint density at radius 3 is 2.80 bits per heavy atom. The Kier molecular flexibility index (Phi) is 5.08. The number of hydrogen-bond donors (Lipinski definition) is 1. The molecule has 0 saturated carbocycles. The van der Waals surface area contributed by atoms with Crippen molar-refractivity contribution in [3.8, 4) is 0 Å². The number of anilines is 1. The molecule has 1 aromatic rings. The fourth-order valence-electron chi connectivity index (χ4n) is 1.45. The Labute approximate surface area is 92.3 Å². The van der Waals surface area contributed by atoms with Crippen LogP contribution in [-0.2, 0) is 0 Å². The first-order chi connectivity index (χ1) is 7.18. The van der Waals surface area contributed by atoms with Gasteiger partial charge in [-0.2, -0.15) is 0 Å². The van der Waals surface area contributed by atoms with E-state index in [0.717, 1.165) is 24.1 Å². The van der Waals surface area contributed by atoms with Gasteiger partial charge in [-0.25, -0.2) is 9.97 Å². The molecule has 0 aliphatic carbocycles. The second-order valence-corrected chi connectivity index (χ2v) is 4.31. The Morgan fingerprint density at radius 2 is 2.13 bits per heavy atom. The lowest BCUT2D eigenvalue weighted by Crippen LogP contribution is -2.04. The van der Waals surface area contributed by atoms with Crippen molar-refractivity contribution in [1.29, 1.82) is 0 Å². The normalized spacial score (nSPS) is 10.7. The topological polar surface area (TPSA) is 37.8 Å². The number of aryl methyl sites for hydroxylation is 1. The van der Waals surface area contributed by atoms with Crippen LogP contribution in [0.4, 0.5) is 5.82 Å². The van der Waals surface area contributed by atoms with Crippen LogP contribution in [-0.4, -0.2) is 16.5 Å². The lowest BCUT2D eigenvalue weighted by molar-refractivity contribution is 0.544. The van der Waals surface area contributed by atoms with Gasteiger partial charge in [0.1, 0.15) is 11.6 Å². The van der Waals surface area contributed by atoms with E-state index in [9.17, 15) is 0 Å². The molecule has 0 atom stereocenters. The van der Waals surface area contributed by atoms with Crippen molar-refractivity contribution in [2.45, 2.75) is 40.0 Å². The summed E-state index contributed by atoms with van der Waals surface area (Å²) in [4.78, 5) is 8.34. The SMILES string of the molecule is Cc1nccc(NCCCCC(C)C)n1. The van der Waals surface area contributed by atoms with Gasteiger partial charge in [-0.15, -0.1) is 0 Å². The molecule has 0 unspecified atom stereocenters. The molecule has 1 heterocycles. The fraction of sp³-hybridized carbons (Fsp3) is 0.667. The minimum atomic E-state index is 0.811. The van der Waals surface area contributed by atoms with Gasteiger partial charge in [0.25, 0.3) is 0 Å². The zero-order valence-corrected chi connectivity index (χ0v) is 9.95. The minimum absolute atomic E-state index is 0.811. The van der Waals surface area contributed by atoms with Crippen LogP contribution >= 0.6 is 0 Å². The summed E-state index contributed by atoms with van der Waals surface area (Å²) >= 11 is 0. The highest BCUT2D eigenvalue weighted by atomic mass is 15.0. The van der Waals surface area contributed by atoms with Crippen LogP contribution in [0, 0.1) is 12.8 Å². The number of hydrogen-bond acceptors (Lipinski definition) is 3. The van der Waals surface area contributed by atoms with E-state index >= 15 is 0 Å². The fourth-order valence-corrected chi connectivity index (χ4v) is 1.45. The summed E-state index contributed by atoms with van der Waals surface area (Å²) in [6, 6.07) is 1.91. The van der Waals surface area contributed by atoms with E-state index in [1.165, 1.54) is 19.3 Å². The number of unbranched alkanes of at least 4 members (excludes halogenated alkanes) is 1. The van der Waals surface area contributed by atoms with Gasteiger partial charge >= 0.3 is 0 Å². The Balaban J connectivity index is 2.15. The second-order valence-electron chi connectivity index (χ2n) is 4.31. The largest absolute Gasteiger partial charge is 0.370 e. The number of nitrogens with zero attached hydrogens (tertiary/aromatic N) is 2. The summed E-state index contributed by atoms with van der Waals surface area (Å²) in [5.41, 5.74) is 0. The van der Waals surface area contributed by atoms with Gasteiger partial charge in [-0.05, 0) is 25.3 Å². The first kappa shape index (κ1) is 12.0. The van der Waals surface area contributed by atoms with Crippen LogP contribution in [0.3, 0.4) is 0 Å². The molecule has 0 saturated heterocycles. The molecular formula is C12H21N3. The van der Waals surface area contributed by atoms with E-state index in [-0.39, 0.29) is 0 Å². The molecule has 1 N–H and O–H groups in total. The molecule has 0 spiro atoms. The lowest BCUT2D eigenvalue weighted by Gasteiger charge is -2.06. The summed E-state index contributed by atoms with van der Waals surface area (Å²) in [6.45, 7) is 7.44. The molecule has 3 heteroatoms. The smallest absolute Gasteiger partial charge is 0.129 e. The molecule has 0 bridgehead atoms. The van der Waals surface area contributed by atoms with E-state index in [4.69, 9.17) is 0 Å². The highest BCUT2D eigenvalue weighted by molar-refractivity contribution is 5.32. The van der Waals surface area contributed by atoms with Crippen molar-refractivity contribution in [3.63, 3.8) is 0 Å². The number of nitrogens with one attached hydrogen (secondary N) is 1. The molecular weight excluding hydrogens is 186 g/mol. The van der Waals surface area contributed by atoms with Crippen LogP contribution in [0.2, 0.25) is 0 Å². The quantitative estimate of drug-likeness (QED) is 0.729. The van der Waals surface area contributed by atoms with Crippen LogP contribution in [0.15, 0.2) is 12.3 Å². The first-order valence-corrected chi connectivity index (χ1v) is 5.72. The first-order valence-electron chi connectivity index (χ1n) is 5.72. The predicted octanol–water partition coefficient (Wildman–Crippen LogP) is 3.02. The van der Waals surface area contributed by atoms with Gasteiger partial charge in [0.15, 0.2) is 0 Å². The summed E-state index contributed by atoms with van der Waals surface area (Å²) in [6.07, 6.45) is 5.60. The highest BCUT2D eigenvalue weighted by Crippen LogP contribution is 2.07. The average molecular weight is 207 g/mol. The summed E-state index contributed by atoms with van der Waals surface area (Å²) in [5.74, 6) is 2.57. The monoisotopic (exact) mass is 207 g/mol. The molecule has 15 heavy (non-hydrogen) atoms. The van der Waals surface area contributed by atoms with Crippen molar-refractivity contribution in [3.05, 3.63) is 18.1 Å². The van der Waals surface area contributed by atoms with Gasteiger partial charge in [-0.1, -0.05) is 26.7 Å². The van der Waals surface area contributed by atoms with E-state index in [1.54, 1.807) is 6.20 Å². The number of aromatic nitrogens is 2. The third-order valence-electron chi connectivity index (χ3n) is 2.29. The van der Waals surface area contributed by atoms with E-state index in [1.807, 2.05) is 13.0 Å². The molecule has 0 aliphatic heterocycles. The summed E-state index contributed by atoms with van der Waals surface area (Å²) < 4.78 is 0. The van der Waals surface area contributed by atoms with Crippen molar-refractivity contribution >= 4 is 5.82 Å². The standard InChI is InChI=1S/C12H21N3/c1-10(2)6-4-5-8-14-12-7-9-13-11(3)15-12/h7,9-10H,4-6,8H2,1-3H3,(H,13,14,15). The van der Waals surface area contributed by atoms with Gasteiger partial charge in [0.05, 0.1) is 0 Å². The summed E-state index contributed by atoms with van der Waals surface area (Å²) in [7, 11) is 0. The van der Waals surface area contributed by atoms with Gasteiger partial charge in [-0.3, -0.25) is 0 Å². The Morgan fingerprint density at radius 1 is 1.33 bits per heavy atom. The molecule has 0 radical (unpaired) electrons. The van der Waals surface area contributed by atoms with Crippen LogP contribution in [0.5, 0.6) is 0 Å². The van der Waals surface area contributed by atoms with Crippen molar-refractivity contribution < 1.29 is 0 Å². The maximum Gasteiger partial charge on any atom is 0.129 e. The predicted molar refractivity (Wildman–Crippen MR) is 63.9 cm³/mol. The lowest BCUT2D eigenvalue weighted by atomic mass is 10.1. The maximum absolute atomic E-state index is 4.28. The van der Waals surface area contributed by atoms with Gasteiger partial charge in [0.2, 0.25) is 0 Å². The summed E-state index contributed by atoms with van der Waals surface area (Å²) in [5, 5.41) is 3.31. The maximum atomic E-state index is 4.28. The Bertz CT molecular complexity index is 284. The zero-order chi connectivity index (χ0) is 11.1. The average Bonchev–Trinajstić information content (AvgIpc) is 2.17. The molecule has 0 aliphatic rings. The van der Waals surface area contributed by atoms with Crippen LogP contribution in [0.25, 0.3) is 0 Å². The third kappa shape index (κ3) is 5.35. The van der Waals surface area contributed by atoms with E-state index < -0.39 is 0 Å². The molecule has 1 rings (SSSR count). The van der Waals surface area contributed by atoms with E-state index in [0.29, 0.717) is 0 Å². The van der Waals surface area contributed by atoms with Crippen molar-refractivity contribution in [1.82, 2.24) is 9.97 Å². The Hall–Kier alpha value is -1.12. The number of rotatable bonds is 6. The van der Waals surface area contributed by atoms with Crippen LogP contribution in [0.1, 0.15) is 38.9 Å².